The average Bonchev–Trinajstić information content (AvgIpc) is 3.11. The lowest BCUT2D eigenvalue weighted by molar-refractivity contribution is -0.124. The number of nitrogens with zero attached hydrogens (tertiary/aromatic N) is 1. The van der Waals surface area contributed by atoms with Crippen LogP contribution in [0.4, 0.5) is 20.6 Å². The van der Waals surface area contributed by atoms with Crippen molar-refractivity contribution >= 4 is 29.3 Å². The maximum Gasteiger partial charge on any atom is 0.414 e. The van der Waals surface area contributed by atoms with Gasteiger partial charge < -0.3 is 25.2 Å². The fourth-order valence-electron chi connectivity index (χ4n) is 3.28. The Kier molecular flexibility index (Phi) is 5.23. The molecule has 0 radical (unpaired) electrons. The molecule has 156 valence electrons. The van der Waals surface area contributed by atoms with E-state index in [1.165, 1.54) is 17.0 Å². The van der Waals surface area contributed by atoms with Crippen molar-refractivity contribution in [1.29, 1.82) is 0 Å². The number of nitrogens with one attached hydrogen (secondary N) is 2. The lowest BCUT2D eigenvalue weighted by Gasteiger charge is -2.19. The Labute approximate surface area is 170 Å². The zero-order valence-corrected chi connectivity index (χ0v) is 15.7. The van der Waals surface area contributed by atoms with Crippen LogP contribution in [0.3, 0.4) is 0 Å². The van der Waals surface area contributed by atoms with Crippen molar-refractivity contribution in [1.82, 2.24) is 5.32 Å². The van der Waals surface area contributed by atoms with Crippen molar-refractivity contribution in [3.8, 4) is 16.9 Å². The maximum absolute atomic E-state index is 14.8. The van der Waals surface area contributed by atoms with Crippen LogP contribution in [0.1, 0.15) is 0 Å². The molecule has 0 aliphatic carbocycles. The van der Waals surface area contributed by atoms with Gasteiger partial charge in [0.1, 0.15) is 24.3 Å². The minimum atomic E-state index is -0.657. The lowest BCUT2D eigenvalue weighted by Crippen LogP contribution is -2.36. The summed E-state index contributed by atoms with van der Waals surface area (Å²) in [7, 11) is 0. The fourth-order valence-corrected chi connectivity index (χ4v) is 3.28. The number of hydrogen-bond donors (Lipinski definition) is 3. The van der Waals surface area contributed by atoms with Crippen LogP contribution >= 0.6 is 0 Å². The highest BCUT2D eigenvalue weighted by Gasteiger charge is 2.33. The average molecular weight is 415 g/mol. The van der Waals surface area contributed by atoms with E-state index in [0.717, 1.165) is 0 Å². The Morgan fingerprint density at radius 1 is 1.27 bits per heavy atom. The number of ether oxygens (including phenoxy) is 2. The van der Waals surface area contributed by atoms with Gasteiger partial charge in [-0.25, -0.2) is 9.18 Å². The predicted molar refractivity (Wildman–Crippen MR) is 104 cm³/mol. The molecule has 0 spiro atoms. The number of halogens is 1. The van der Waals surface area contributed by atoms with Crippen LogP contribution in [0.25, 0.3) is 11.1 Å². The third-order valence-corrected chi connectivity index (χ3v) is 4.73. The Hall–Kier alpha value is -3.66. The second-order valence-electron chi connectivity index (χ2n) is 6.79. The highest BCUT2D eigenvalue weighted by Crippen LogP contribution is 2.35. The third kappa shape index (κ3) is 3.90. The standard InChI is InChI=1S/C20H18FN3O6/c21-15-6-12(24-8-13(30-20(24)28)7-22-18(26)9-25)2-3-14(15)11-1-4-17-16(5-11)23-19(27)10-29-17/h1-6,13,25H,7-10H2,(H,22,26)(H,23,27)/t13-/m0/s1. The highest BCUT2D eigenvalue weighted by atomic mass is 19.1. The number of anilines is 2. The topological polar surface area (TPSA) is 117 Å². The molecular weight excluding hydrogens is 397 g/mol. The molecule has 2 aliphatic rings. The van der Waals surface area contributed by atoms with Crippen LogP contribution in [-0.4, -0.2) is 55.4 Å². The van der Waals surface area contributed by atoms with Crippen molar-refractivity contribution in [3.05, 3.63) is 42.2 Å². The number of aliphatic hydroxyl groups excluding tert-OH is 1. The highest BCUT2D eigenvalue weighted by molar-refractivity contribution is 5.96. The minimum Gasteiger partial charge on any atom is -0.482 e. The maximum atomic E-state index is 14.8. The van der Waals surface area contributed by atoms with Crippen molar-refractivity contribution in [2.75, 3.05) is 36.5 Å². The number of carbonyl (C=O) groups is 3. The largest absolute Gasteiger partial charge is 0.482 e. The number of rotatable bonds is 5. The molecule has 3 amide bonds. The SMILES string of the molecule is O=C(CO)NC[C@H]1CN(c2ccc(-c3ccc4c(c3)NC(=O)CO4)c(F)c2)C(=O)O1. The predicted octanol–water partition coefficient (Wildman–Crippen LogP) is 1.26. The van der Waals surface area contributed by atoms with Gasteiger partial charge in [0.05, 0.1) is 24.5 Å². The molecule has 1 fully saturated rings. The molecule has 1 saturated heterocycles. The van der Waals surface area contributed by atoms with Crippen LogP contribution in [-0.2, 0) is 14.3 Å². The first-order chi connectivity index (χ1) is 14.4. The summed E-state index contributed by atoms with van der Waals surface area (Å²) in [5.41, 5.74) is 1.60. The number of carbonyl (C=O) groups excluding carboxylic acids is 3. The number of aliphatic hydroxyl groups is 1. The third-order valence-electron chi connectivity index (χ3n) is 4.73. The van der Waals surface area contributed by atoms with Crippen LogP contribution < -0.4 is 20.3 Å². The van der Waals surface area contributed by atoms with Gasteiger partial charge in [-0.2, -0.15) is 0 Å². The molecule has 0 aromatic heterocycles. The smallest absolute Gasteiger partial charge is 0.414 e. The van der Waals surface area contributed by atoms with Gasteiger partial charge in [0.25, 0.3) is 5.91 Å². The van der Waals surface area contributed by atoms with Crippen LogP contribution in [0.15, 0.2) is 36.4 Å². The summed E-state index contributed by atoms with van der Waals surface area (Å²) in [5, 5.41) is 13.8. The van der Waals surface area contributed by atoms with Gasteiger partial charge in [0, 0.05) is 5.56 Å². The summed E-state index contributed by atoms with van der Waals surface area (Å²) in [6, 6.07) is 9.29. The number of cyclic esters (lactones) is 1. The normalized spacial score (nSPS) is 17.7. The zero-order valence-electron chi connectivity index (χ0n) is 15.7. The number of benzene rings is 2. The molecule has 10 heteroatoms. The molecule has 3 N–H and O–H groups in total. The van der Waals surface area contributed by atoms with Gasteiger partial charge in [-0.3, -0.25) is 14.5 Å². The first-order valence-electron chi connectivity index (χ1n) is 9.17. The van der Waals surface area contributed by atoms with E-state index in [1.54, 1.807) is 24.3 Å². The summed E-state index contributed by atoms with van der Waals surface area (Å²) in [4.78, 5) is 36.0. The Balaban J connectivity index is 1.51. The van der Waals surface area contributed by atoms with Gasteiger partial charge in [0.15, 0.2) is 6.61 Å². The first kappa shape index (κ1) is 19.6. The summed E-state index contributed by atoms with van der Waals surface area (Å²) in [6.07, 6.45) is -1.26. The van der Waals surface area contributed by atoms with E-state index in [0.29, 0.717) is 28.3 Å². The van der Waals surface area contributed by atoms with E-state index in [-0.39, 0.29) is 25.6 Å². The fraction of sp³-hybridized carbons (Fsp3) is 0.250. The van der Waals surface area contributed by atoms with Gasteiger partial charge in [-0.15, -0.1) is 0 Å². The molecular formula is C20H18FN3O6. The molecule has 2 heterocycles. The van der Waals surface area contributed by atoms with Crippen molar-refractivity contribution in [2.24, 2.45) is 0 Å². The van der Waals surface area contributed by atoms with E-state index in [4.69, 9.17) is 14.6 Å². The molecule has 30 heavy (non-hydrogen) atoms. The Bertz CT molecular complexity index is 1030. The quantitative estimate of drug-likeness (QED) is 0.677. The van der Waals surface area contributed by atoms with Crippen molar-refractivity contribution in [3.63, 3.8) is 0 Å². The summed E-state index contributed by atoms with van der Waals surface area (Å²) < 4.78 is 25.3. The van der Waals surface area contributed by atoms with E-state index >= 15 is 0 Å². The molecule has 2 aromatic rings. The molecule has 0 saturated carbocycles. The second kappa shape index (κ2) is 7.99. The van der Waals surface area contributed by atoms with Crippen LogP contribution in [0.5, 0.6) is 5.75 Å². The molecule has 4 rings (SSSR count). The molecule has 1 atom stereocenters. The zero-order chi connectivity index (χ0) is 21.3. The lowest BCUT2D eigenvalue weighted by atomic mass is 10.0. The molecule has 0 bridgehead atoms. The van der Waals surface area contributed by atoms with E-state index in [9.17, 15) is 18.8 Å². The summed E-state index contributed by atoms with van der Waals surface area (Å²) in [5.74, 6) is -0.908. The molecule has 9 nitrogen and oxygen atoms in total. The Morgan fingerprint density at radius 3 is 2.87 bits per heavy atom. The molecule has 2 aliphatic heterocycles. The van der Waals surface area contributed by atoms with E-state index < -0.39 is 30.5 Å². The van der Waals surface area contributed by atoms with Crippen molar-refractivity contribution < 1.29 is 33.4 Å². The van der Waals surface area contributed by atoms with E-state index in [1.807, 2.05) is 0 Å². The van der Waals surface area contributed by atoms with Crippen LogP contribution in [0, 0.1) is 5.82 Å². The van der Waals surface area contributed by atoms with Gasteiger partial charge in [-0.05, 0) is 35.9 Å². The second-order valence-corrected chi connectivity index (χ2v) is 6.79. The van der Waals surface area contributed by atoms with Crippen molar-refractivity contribution in [2.45, 2.75) is 6.10 Å². The van der Waals surface area contributed by atoms with Crippen LogP contribution in [0.2, 0.25) is 0 Å². The first-order valence-corrected chi connectivity index (χ1v) is 9.17. The van der Waals surface area contributed by atoms with Gasteiger partial charge in [0.2, 0.25) is 5.91 Å². The summed E-state index contributed by atoms with van der Waals surface area (Å²) in [6.45, 7) is -0.543. The monoisotopic (exact) mass is 415 g/mol. The van der Waals surface area contributed by atoms with E-state index in [2.05, 4.69) is 10.6 Å². The minimum absolute atomic E-state index is 0.0467. The number of amides is 3. The Morgan fingerprint density at radius 2 is 2.10 bits per heavy atom. The van der Waals surface area contributed by atoms with Gasteiger partial charge in [-0.1, -0.05) is 6.07 Å². The number of hydrogen-bond acceptors (Lipinski definition) is 6. The molecule has 0 unspecified atom stereocenters. The number of fused-ring (bicyclic) bond motifs is 1. The summed E-state index contributed by atoms with van der Waals surface area (Å²) >= 11 is 0. The van der Waals surface area contributed by atoms with Gasteiger partial charge >= 0.3 is 6.09 Å². The molecule has 2 aromatic carbocycles.